The highest BCUT2D eigenvalue weighted by Gasteiger charge is 2.24. The lowest BCUT2D eigenvalue weighted by Gasteiger charge is -2.25. The van der Waals surface area contributed by atoms with E-state index >= 15 is 0 Å². The fourth-order valence-corrected chi connectivity index (χ4v) is 2.71. The molecule has 120 valence electrons. The number of nitrogens with zero attached hydrogens (tertiary/aromatic N) is 2. The molecular formula is C18H20N2O3. The second-order valence-electron chi connectivity index (χ2n) is 5.51. The van der Waals surface area contributed by atoms with E-state index < -0.39 is 0 Å². The van der Waals surface area contributed by atoms with E-state index in [1.54, 1.807) is 12.4 Å². The number of hydrogen-bond donors (Lipinski definition) is 0. The van der Waals surface area contributed by atoms with E-state index in [1.807, 2.05) is 49.1 Å². The molecule has 1 atom stereocenters. The highest BCUT2D eigenvalue weighted by molar-refractivity contribution is 5.83. The summed E-state index contributed by atoms with van der Waals surface area (Å²) in [6.07, 6.45) is 3.45. The first kappa shape index (κ1) is 15.3. The molecule has 0 radical (unpaired) electrons. The van der Waals surface area contributed by atoms with Crippen molar-refractivity contribution in [2.24, 2.45) is 0 Å². The van der Waals surface area contributed by atoms with E-state index in [1.165, 1.54) is 0 Å². The van der Waals surface area contributed by atoms with Crippen LogP contribution >= 0.6 is 0 Å². The zero-order chi connectivity index (χ0) is 16.2. The largest absolute Gasteiger partial charge is 0.454 e. The van der Waals surface area contributed by atoms with Gasteiger partial charge in [-0.3, -0.25) is 9.78 Å². The third-order valence-electron chi connectivity index (χ3n) is 4.09. The SMILES string of the molecule is CCN(Cc1cccc2c1OCO2)C(=O)C(C)c1cccnc1. The van der Waals surface area contributed by atoms with Gasteiger partial charge in [0.2, 0.25) is 12.7 Å². The molecule has 2 heterocycles. The number of carbonyl (C=O) groups excluding carboxylic acids is 1. The van der Waals surface area contributed by atoms with Gasteiger partial charge >= 0.3 is 0 Å². The Hall–Kier alpha value is -2.56. The number of pyridine rings is 1. The van der Waals surface area contributed by atoms with Crippen molar-refractivity contribution < 1.29 is 14.3 Å². The average molecular weight is 312 g/mol. The van der Waals surface area contributed by atoms with Crippen molar-refractivity contribution in [2.45, 2.75) is 26.3 Å². The van der Waals surface area contributed by atoms with E-state index in [9.17, 15) is 4.79 Å². The summed E-state index contributed by atoms with van der Waals surface area (Å²) < 4.78 is 10.9. The quantitative estimate of drug-likeness (QED) is 0.852. The van der Waals surface area contributed by atoms with E-state index in [4.69, 9.17) is 9.47 Å². The lowest BCUT2D eigenvalue weighted by molar-refractivity contribution is -0.132. The van der Waals surface area contributed by atoms with Gasteiger partial charge in [-0.25, -0.2) is 0 Å². The molecule has 5 nitrogen and oxygen atoms in total. The Morgan fingerprint density at radius 1 is 1.30 bits per heavy atom. The van der Waals surface area contributed by atoms with Gasteiger partial charge in [-0.05, 0) is 31.5 Å². The Kier molecular flexibility index (Phi) is 4.46. The maximum atomic E-state index is 12.8. The normalized spacial score (nSPS) is 13.7. The summed E-state index contributed by atoms with van der Waals surface area (Å²) in [7, 11) is 0. The number of aromatic nitrogens is 1. The summed E-state index contributed by atoms with van der Waals surface area (Å²) in [6, 6.07) is 9.55. The van der Waals surface area contributed by atoms with E-state index in [2.05, 4.69) is 4.98 Å². The Balaban J connectivity index is 1.78. The van der Waals surface area contributed by atoms with Crippen LogP contribution in [-0.2, 0) is 11.3 Å². The van der Waals surface area contributed by atoms with Crippen molar-refractivity contribution in [1.82, 2.24) is 9.88 Å². The number of para-hydroxylation sites is 1. The molecular weight excluding hydrogens is 292 g/mol. The second-order valence-corrected chi connectivity index (χ2v) is 5.51. The third-order valence-corrected chi connectivity index (χ3v) is 4.09. The van der Waals surface area contributed by atoms with Crippen molar-refractivity contribution in [3.63, 3.8) is 0 Å². The molecule has 23 heavy (non-hydrogen) atoms. The third kappa shape index (κ3) is 3.13. The van der Waals surface area contributed by atoms with E-state index in [0.717, 1.165) is 22.6 Å². The average Bonchev–Trinajstić information content (AvgIpc) is 3.08. The topological polar surface area (TPSA) is 51.7 Å². The Morgan fingerprint density at radius 3 is 2.91 bits per heavy atom. The van der Waals surface area contributed by atoms with Gasteiger partial charge in [-0.2, -0.15) is 0 Å². The van der Waals surface area contributed by atoms with E-state index in [0.29, 0.717) is 13.1 Å². The zero-order valence-electron chi connectivity index (χ0n) is 13.4. The Morgan fingerprint density at radius 2 is 2.17 bits per heavy atom. The van der Waals surface area contributed by atoms with Crippen LogP contribution in [0.25, 0.3) is 0 Å². The van der Waals surface area contributed by atoms with Crippen LogP contribution in [0.15, 0.2) is 42.7 Å². The summed E-state index contributed by atoms with van der Waals surface area (Å²) in [5, 5.41) is 0. The standard InChI is InChI=1S/C18H20N2O3/c1-3-20(18(21)13(2)14-7-5-9-19-10-14)11-15-6-4-8-16-17(15)23-12-22-16/h4-10,13H,3,11-12H2,1-2H3. The minimum absolute atomic E-state index is 0.0806. The fourth-order valence-electron chi connectivity index (χ4n) is 2.71. The number of fused-ring (bicyclic) bond motifs is 1. The molecule has 0 N–H and O–H groups in total. The molecule has 1 aliphatic rings. The molecule has 0 saturated heterocycles. The lowest BCUT2D eigenvalue weighted by atomic mass is 10.0. The second kappa shape index (κ2) is 6.69. The van der Waals surface area contributed by atoms with E-state index in [-0.39, 0.29) is 18.6 Å². The van der Waals surface area contributed by atoms with Crippen molar-refractivity contribution in [3.05, 3.63) is 53.9 Å². The molecule has 5 heteroatoms. The summed E-state index contributed by atoms with van der Waals surface area (Å²) in [5.74, 6) is 1.34. The van der Waals surface area contributed by atoms with Crippen LogP contribution in [0.3, 0.4) is 0 Å². The molecule has 0 aliphatic carbocycles. The molecule has 1 aromatic heterocycles. The van der Waals surface area contributed by atoms with Gasteiger partial charge in [-0.15, -0.1) is 0 Å². The highest BCUT2D eigenvalue weighted by Crippen LogP contribution is 2.36. The fraction of sp³-hybridized carbons (Fsp3) is 0.333. The molecule has 0 spiro atoms. The Labute approximate surface area is 135 Å². The number of carbonyl (C=O) groups is 1. The summed E-state index contributed by atoms with van der Waals surface area (Å²) in [4.78, 5) is 18.7. The maximum Gasteiger partial charge on any atom is 0.231 e. The van der Waals surface area contributed by atoms with Crippen molar-refractivity contribution in [2.75, 3.05) is 13.3 Å². The molecule has 1 unspecified atom stereocenters. The van der Waals surface area contributed by atoms with Gasteiger partial charge in [0.25, 0.3) is 0 Å². The minimum Gasteiger partial charge on any atom is -0.454 e. The minimum atomic E-state index is -0.224. The molecule has 1 aromatic carbocycles. The summed E-state index contributed by atoms with van der Waals surface area (Å²) in [6.45, 7) is 5.27. The number of amides is 1. The van der Waals surface area contributed by atoms with Crippen molar-refractivity contribution in [3.8, 4) is 11.5 Å². The molecule has 0 fully saturated rings. The number of hydrogen-bond acceptors (Lipinski definition) is 4. The molecule has 0 bridgehead atoms. The predicted octanol–water partition coefficient (Wildman–Crippen LogP) is 2.96. The predicted molar refractivity (Wildman–Crippen MR) is 86.3 cm³/mol. The van der Waals surface area contributed by atoms with Gasteiger partial charge in [0, 0.05) is 31.0 Å². The van der Waals surface area contributed by atoms with Gasteiger partial charge < -0.3 is 14.4 Å². The monoisotopic (exact) mass is 312 g/mol. The molecule has 1 amide bonds. The first-order valence-electron chi connectivity index (χ1n) is 7.77. The smallest absolute Gasteiger partial charge is 0.231 e. The Bertz CT molecular complexity index is 688. The van der Waals surface area contributed by atoms with Crippen LogP contribution in [0, 0.1) is 0 Å². The molecule has 2 aromatic rings. The lowest BCUT2D eigenvalue weighted by Crippen LogP contribution is -2.33. The first-order valence-corrected chi connectivity index (χ1v) is 7.77. The number of likely N-dealkylation sites (N-methyl/N-ethyl adjacent to an activating group) is 1. The number of benzene rings is 1. The molecule has 3 rings (SSSR count). The highest BCUT2D eigenvalue weighted by atomic mass is 16.7. The molecule has 0 saturated carbocycles. The van der Waals surface area contributed by atoms with Gasteiger partial charge in [0.05, 0.1) is 5.92 Å². The van der Waals surface area contributed by atoms with Gasteiger partial charge in [0.15, 0.2) is 11.5 Å². The van der Waals surface area contributed by atoms with Crippen LogP contribution in [-0.4, -0.2) is 29.1 Å². The number of rotatable bonds is 5. The van der Waals surface area contributed by atoms with Crippen LogP contribution in [0.2, 0.25) is 0 Å². The van der Waals surface area contributed by atoms with Crippen LogP contribution in [0.5, 0.6) is 11.5 Å². The first-order chi connectivity index (χ1) is 11.2. The van der Waals surface area contributed by atoms with Crippen LogP contribution in [0.4, 0.5) is 0 Å². The number of ether oxygens (including phenoxy) is 2. The van der Waals surface area contributed by atoms with Crippen LogP contribution in [0.1, 0.15) is 30.9 Å². The van der Waals surface area contributed by atoms with Crippen molar-refractivity contribution >= 4 is 5.91 Å². The maximum absolute atomic E-state index is 12.8. The van der Waals surface area contributed by atoms with Crippen molar-refractivity contribution in [1.29, 1.82) is 0 Å². The van der Waals surface area contributed by atoms with Gasteiger partial charge in [0.1, 0.15) is 0 Å². The summed E-state index contributed by atoms with van der Waals surface area (Å²) in [5.41, 5.74) is 1.89. The summed E-state index contributed by atoms with van der Waals surface area (Å²) >= 11 is 0. The van der Waals surface area contributed by atoms with Crippen LogP contribution < -0.4 is 9.47 Å². The zero-order valence-corrected chi connectivity index (χ0v) is 13.4. The molecule has 1 aliphatic heterocycles. The van der Waals surface area contributed by atoms with Gasteiger partial charge in [-0.1, -0.05) is 18.2 Å².